The van der Waals surface area contributed by atoms with Gasteiger partial charge in [0.15, 0.2) is 5.96 Å². The van der Waals surface area contributed by atoms with Crippen molar-refractivity contribution in [3.8, 4) is 11.3 Å². The molecule has 1 atom stereocenters. The van der Waals surface area contributed by atoms with E-state index in [1.807, 2.05) is 50.9 Å². The first-order valence-electron chi connectivity index (χ1n) is 9.79. The molecule has 0 aliphatic carbocycles. The maximum absolute atomic E-state index is 5.95. The Morgan fingerprint density at radius 3 is 2.97 bits per heavy atom. The minimum Gasteiger partial charge on any atom is -0.370 e. The highest BCUT2D eigenvalue weighted by molar-refractivity contribution is 5.80. The van der Waals surface area contributed by atoms with E-state index in [4.69, 9.17) is 4.74 Å². The summed E-state index contributed by atoms with van der Waals surface area (Å²) in [5.74, 6) is 0.880. The van der Waals surface area contributed by atoms with Gasteiger partial charge >= 0.3 is 0 Å². The third kappa shape index (κ3) is 4.63. The van der Waals surface area contributed by atoms with Gasteiger partial charge < -0.3 is 15.0 Å². The van der Waals surface area contributed by atoms with Crippen LogP contribution in [-0.4, -0.2) is 52.4 Å². The van der Waals surface area contributed by atoms with Gasteiger partial charge in [-0.25, -0.2) is 0 Å². The molecule has 0 bridgehead atoms. The van der Waals surface area contributed by atoms with E-state index in [-0.39, 0.29) is 6.10 Å². The van der Waals surface area contributed by atoms with Crippen molar-refractivity contribution >= 4 is 5.96 Å². The van der Waals surface area contributed by atoms with Crippen LogP contribution in [0.2, 0.25) is 0 Å². The fourth-order valence-electron chi connectivity index (χ4n) is 3.54. The summed E-state index contributed by atoms with van der Waals surface area (Å²) in [5.41, 5.74) is 4.37. The van der Waals surface area contributed by atoms with Crippen molar-refractivity contribution in [1.29, 1.82) is 0 Å². The molecule has 0 radical (unpaired) electrons. The topological polar surface area (TPSA) is 67.6 Å². The van der Waals surface area contributed by atoms with Crippen LogP contribution in [-0.2, 0) is 18.3 Å². The number of rotatable bonds is 4. The highest BCUT2D eigenvalue weighted by Gasteiger charge is 2.25. The smallest absolute Gasteiger partial charge is 0.194 e. The Morgan fingerprint density at radius 2 is 2.21 bits per heavy atom. The summed E-state index contributed by atoms with van der Waals surface area (Å²) in [6, 6.07) is 14.4. The number of benzene rings is 1. The van der Waals surface area contributed by atoms with Crippen molar-refractivity contribution in [3.63, 3.8) is 0 Å². The molecule has 7 heteroatoms. The summed E-state index contributed by atoms with van der Waals surface area (Å²) in [4.78, 5) is 11.2. The average Bonchev–Trinajstić information content (AvgIpc) is 3.22. The van der Waals surface area contributed by atoms with Crippen LogP contribution in [0.4, 0.5) is 0 Å². The van der Waals surface area contributed by atoms with E-state index >= 15 is 0 Å². The Balaban J connectivity index is 1.41. The number of aryl methyl sites for hydroxylation is 1. The van der Waals surface area contributed by atoms with Crippen LogP contribution in [0.5, 0.6) is 0 Å². The number of nitrogens with zero attached hydrogens (tertiary/aromatic N) is 5. The number of hydrogen-bond donors (Lipinski definition) is 1. The molecule has 3 aromatic rings. The Kier molecular flexibility index (Phi) is 5.86. The highest BCUT2D eigenvalue weighted by atomic mass is 16.5. The number of aromatic nitrogens is 3. The lowest BCUT2D eigenvalue weighted by atomic mass is 10.1. The molecule has 1 aliphatic heterocycles. The van der Waals surface area contributed by atoms with E-state index in [2.05, 4.69) is 49.6 Å². The van der Waals surface area contributed by atoms with Gasteiger partial charge in [0.25, 0.3) is 0 Å². The largest absolute Gasteiger partial charge is 0.370 e. The minimum absolute atomic E-state index is 0.00322. The van der Waals surface area contributed by atoms with Crippen molar-refractivity contribution in [2.45, 2.75) is 12.6 Å². The Labute approximate surface area is 171 Å². The number of nitrogens with one attached hydrogen (secondary N) is 1. The summed E-state index contributed by atoms with van der Waals surface area (Å²) in [7, 11) is 3.74. The number of hydrogen-bond acceptors (Lipinski definition) is 4. The molecule has 2 aromatic heterocycles. The molecule has 7 nitrogen and oxygen atoms in total. The van der Waals surface area contributed by atoms with E-state index in [0.717, 1.165) is 35.9 Å². The van der Waals surface area contributed by atoms with E-state index in [1.54, 1.807) is 4.68 Å². The van der Waals surface area contributed by atoms with E-state index in [0.29, 0.717) is 13.2 Å². The van der Waals surface area contributed by atoms with Crippen molar-refractivity contribution < 1.29 is 4.74 Å². The van der Waals surface area contributed by atoms with Crippen molar-refractivity contribution in [3.05, 3.63) is 72.2 Å². The average molecular weight is 390 g/mol. The molecule has 150 valence electrons. The standard InChI is InChI=1S/C22H26N6O/c1-23-22(28-10-11-29-21(16-28)19-14-26-27(2)15-19)25-13-17-6-5-7-18(12-17)20-8-3-4-9-24-20/h3-9,12,14-15,21H,10-11,13,16H2,1-2H3,(H,23,25). The molecular weight excluding hydrogens is 364 g/mol. The second kappa shape index (κ2) is 8.87. The first-order chi connectivity index (χ1) is 14.2. The van der Waals surface area contributed by atoms with E-state index in [1.165, 1.54) is 5.56 Å². The Hall–Kier alpha value is -3.19. The maximum atomic E-state index is 5.95. The summed E-state index contributed by atoms with van der Waals surface area (Å²) in [6.45, 7) is 2.92. The van der Waals surface area contributed by atoms with Crippen molar-refractivity contribution in [2.24, 2.45) is 12.0 Å². The first-order valence-corrected chi connectivity index (χ1v) is 9.79. The third-order valence-corrected chi connectivity index (χ3v) is 5.01. The van der Waals surface area contributed by atoms with E-state index < -0.39 is 0 Å². The van der Waals surface area contributed by atoms with Gasteiger partial charge in [0.2, 0.25) is 0 Å². The fraction of sp³-hybridized carbons (Fsp3) is 0.318. The van der Waals surface area contributed by atoms with Gasteiger partial charge in [-0.05, 0) is 23.8 Å². The van der Waals surface area contributed by atoms with Crippen LogP contribution in [0.1, 0.15) is 17.2 Å². The lowest BCUT2D eigenvalue weighted by Crippen LogP contribution is -2.47. The number of morpholine rings is 1. The first kappa shape index (κ1) is 19.1. The predicted octanol–water partition coefficient (Wildman–Crippen LogP) is 2.63. The van der Waals surface area contributed by atoms with Crippen LogP contribution in [0, 0.1) is 0 Å². The van der Waals surface area contributed by atoms with E-state index in [9.17, 15) is 0 Å². The molecule has 1 aromatic carbocycles. The Bertz CT molecular complexity index is 968. The fourth-order valence-corrected chi connectivity index (χ4v) is 3.54. The van der Waals surface area contributed by atoms with Crippen LogP contribution >= 0.6 is 0 Å². The maximum Gasteiger partial charge on any atom is 0.194 e. The van der Waals surface area contributed by atoms with Crippen LogP contribution < -0.4 is 5.32 Å². The van der Waals surface area contributed by atoms with Gasteiger partial charge in [0.05, 0.1) is 25.0 Å². The molecule has 1 aliphatic rings. The third-order valence-electron chi connectivity index (χ3n) is 5.01. The van der Waals surface area contributed by atoms with Gasteiger partial charge in [-0.3, -0.25) is 14.7 Å². The number of ether oxygens (including phenoxy) is 1. The zero-order chi connectivity index (χ0) is 20.1. The molecule has 1 saturated heterocycles. The summed E-state index contributed by atoms with van der Waals surface area (Å²) in [5, 5.41) is 7.75. The van der Waals surface area contributed by atoms with Crippen molar-refractivity contribution in [2.75, 3.05) is 26.7 Å². The van der Waals surface area contributed by atoms with Gasteiger partial charge in [0.1, 0.15) is 6.10 Å². The second-order valence-corrected chi connectivity index (χ2v) is 7.07. The van der Waals surface area contributed by atoms with Gasteiger partial charge in [0, 0.05) is 50.7 Å². The molecule has 4 rings (SSSR count). The Morgan fingerprint density at radius 1 is 1.28 bits per heavy atom. The number of pyridine rings is 1. The molecule has 3 heterocycles. The molecule has 0 spiro atoms. The zero-order valence-electron chi connectivity index (χ0n) is 16.8. The van der Waals surface area contributed by atoms with Gasteiger partial charge in [-0.2, -0.15) is 5.10 Å². The molecular formula is C22H26N6O. The van der Waals surface area contributed by atoms with Crippen molar-refractivity contribution in [1.82, 2.24) is 25.0 Å². The predicted molar refractivity (Wildman–Crippen MR) is 113 cm³/mol. The number of guanidine groups is 1. The molecule has 0 amide bonds. The molecule has 1 N–H and O–H groups in total. The van der Waals surface area contributed by atoms with Crippen LogP contribution in [0.25, 0.3) is 11.3 Å². The molecule has 1 fully saturated rings. The molecule has 29 heavy (non-hydrogen) atoms. The summed E-state index contributed by atoms with van der Waals surface area (Å²) >= 11 is 0. The van der Waals surface area contributed by atoms with Gasteiger partial charge in [-0.15, -0.1) is 0 Å². The second-order valence-electron chi connectivity index (χ2n) is 7.07. The lowest BCUT2D eigenvalue weighted by molar-refractivity contribution is -0.00805. The zero-order valence-corrected chi connectivity index (χ0v) is 16.8. The van der Waals surface area contributed by atoms with Crippen LogP contribution in [0.15, 0.2) is 66.0 Å². The number of aliphatic imine (C=N–C) groups is 1. The molecule has 1 unspecified atom stereocenters. The quantitative estimate of drug-likeness (QED) is 0.548. The molecule has 0 saturated carbocycles. The minimum atomic E-state index is 0.00322. The van der Waals surface area contributed by atoms with Gasteiger partial charge in [-0.1, -0.05) is 24.3 Å². The SMILES string of the molecule is CN=C(NCc1cccc(-c2ccccn2)c1)N1CCOC(c2cnn(C)c2)C1. The lowest BCUT2D eigenvalue weighted by Gasteiger charge is -2.34. The normalized spacial score (nSPS) is 17.4. The summed E-state index contributed by atoms with van der Waals surface area (Å²) < 4.78 is 7.75. The highest BCUT2D eigenvalue weighted by Crippen LogP contribution is 2.22. The monoisotopic (exact) mass is 390 g/mol. The van der Waals surface area contributed by atoms with Crippen LogP contribution in [0.3, 0.4) is 0 Å². The summed E-state index contributed by atoms with van der Waals surface area (Å²) in [6.07, 6.45) is 5.70.